The molecule has 3 N–H and O–H groups in total. The lowest BCUT2D eigenvalue weighted by molar-refractivity contribution is -0.137. The molecule has 0 fully saturated rings. The van der Waals surface area contributed by atoms with Gasteiger partial charge < -0.3 is 11.1 Å². The first-order valence-electron chi connectivity index (χ1n) is 8.34. The summed E-state index contributed by atoms with van der Waals surface area (Å²) in [5.74, 6) is 0. The minimum atomic E-state index is -4.48. The van der Waals surface area contributed by atoms with Crippen molar-refractivity contribution in [3.8, 4) is 11.1 Å². The van der Waals surface area contributed by atoms with E-state index in [0.29, 0.717) is 23.0 Å². The van der Waals surface area contributed by atoms with Gasteiger partial charge in [0.25, 0.3) is 0 Å². The molecule has 0 amide bonds. The lowest BCUT2D eigenvalue weighted by Gasteiger charge is -2.10. The fourth-order valence-electron chi connectivity index (χ4n) is 2.45. The number of anilines is 2. The second-order valence-electron chi connectivity index (χ2n) is 6.04. The summed E-state index contributed by atoms with van der Waals surface area (Å²) in [6, 6.07) is 12.5. The number of hydrogen-bond donors (Lipinski definition) is 2. The van der Waals surface area contributed by atoms with E-state index in [1.807, 2.05) is 25.2 Å². The molecule has 0 aliphatic rings. The molecule has 152 valence electrons. The van der Waals surface area contributed by atoms with Gasteiger partial charge in [-0.05, 0) is 60.0 Å². The number of hydrogen-bond acceptors (Lipinski definition) is 5. The number of nitrogens with zero attached hydrogens (tertiary/aromatic N) is 2. The van der Waals surface area contributed by atoms with Crippen LogP contribution in [0, 0.1) is 6.92 Å². The maximum absolute atomic E-state index is 11.9. The van der Waals surface area contributed by atoms with Gasteiger partial charge in [0, 0.05) is 23.4 Å². The van der Waals surface area contributed by atoms with Crippen LogP contribution < -0.4 is 11.1 Å². The Hall–Kier alpha value is -3.13. The minimum Gasteiger partial charge on any atom is -0.399 e. The van der Waals surface area contributed by atoms with Crippen LogP contribution in [0.2, 0.25) is 5.02 Å². The van der Waals surface area contributed by atoms with E-state index in [1.54, 1.807) is 6.07 Å². The van der Waals surface area contributed by atoms with Crippen LogP contribution in [-0.4, -0.2) is 23.5 Å². The molecule has 0 radical (unpaired) electrons. The zero-order chi connectivity index (χ0) is 21.6. The van der Waals surface area contributed by atoms with Crippen LogP contribution in [-0.2, 0) is 6.18 Å². The number of nitrogens with one attached hydrogen (secondary N) is 1. The number of nitrogens with two attached hydrogens (primary N) is 1. The number of aldehydes is 1. The van der Waals surface area contributed by atoms with Crippen molar-refractivity contribution in [2.24, 2.45) is 0 Å². The number of aromatic nitrogens is 2. The summed E-state index contributed by atoms with van der Waals surface area (Å²) in [6.07, 6.45) is -3.71. The van der Waals surface area contributed by atoms with Gasteiger partial charge >= 0.3 is 6.18 Å². The van der Waals surface area contributed by atoms with E-state index >= 15 is 0 Å². The van der Waals surface area contributed by atoms with Crippen molar-refractivity contribution in [1.82, 2.24) is 10.2 Å². The van der Waals surface area contributed by atoms with Gasteiger partial charge in [-0.3, -0.25) is 4.79 Å². The van der Waals surface area contributed by atoms with Crippen LogP contribution in [0.5, 0.6) is 0 Å². The van der Waals surface area contributed by atoms with Crippen LogP contribution in [0.1, 0.15) is 21.6 Å². The predicted molar refractivity (Wildman–Crippen MR) is 108 cm³/mol. The molecule has 1 heterocycles. The van der Waals surface area contributed by atoms with E-state index in [-0.39, 0.29) is 12.0 Å². The Bertz CT molecular complexity index is 989. The summed E-state index contributed by atoms with van der Waals surface area (Å²) in [4.78, 5) is 10.0. The van der Waals surface area contributed by atoms with E-state index in [2.05, 4.69) is 34.6 Å². The molecule has 0 saturated carbocycles. The SMILES string of the molecule is CNc1ccc(C)c(-c2cc(N)cc(Cl)c2)c1.O=Cc1cc(C(F)(F)F)cnn1. The number of aryl methyl sites for hydroxylation is 1. The third kappa shape index (κ3) is 6.18. The Morgan fingerprint density at radius 2 is 1.86 bits per heavy atom. The predicted octanol–water partition coefficient (Wildman–Crippen LogP) is 5.25. The molecule has 0 bridgehead atoms. The molecule has 5 nitrogen and oxygen atoms in total. The van der Waals surface area contributed by atoms with E-state index in [0.717, 1.165) is 16.8 Å². The number of benzene rings is 2. The van der Waals surface area contributed by atoms with Crippen LogP contribution in [0.25, 0.3) is 11.1 Å². The zero-order valence-corrected chi connectivity index (χ0v) is 16.3. The topological polar surface area (TPSA) is 80.9 Å². The van der Waals surface area contributed by atoms with Gasteiger partial charge in [-0.2, -0.15) is 18.3 Å². The van der Waals surface area contributed by atoms with E-state index in [1.165, 1.54) is 5.56 Å². The lowest BCUT2D eigenvalue weighted by Crippen LogP contribution is -2.07. The smallest absolute Gasteiger partial charge is 0.399 e. The van der Waals surface area contributed by atoms with Crippen molar-refractivity contribution in [1.29, 1.82) is 0 Å². The van der Waals surface area contributed by atoms with E-state index in [9.17, 15) is 18.0 Å². The highest BCUT2D eigenvalue weighted by Gasteiger charge is 2.31. The van der Waals surface area contributed by atoms with Gasteiger partial charge in [-0.25, -0.2) is 0 Å². The molecular weight excluding hydrogens is 405 g/mol. The maximum Gasteiger partial charge on any atom is 0.418 e. The molecule has 3 rings (SSSR count). The first-order chi connectivity index (χ1) is 13.6. The molecule has 0 aliphatic heterocycles. The first kappa shape index (κ1) is 22.2. The maximum atomic E-state index is 11.9. The quantitative estimate of drug-likeness (QED) is 0.445. The summed E-state index contributed by atoms with van der Waals surface area (Å²) >= 11 is 6.03. The molecule has 9 heteroatoms. The summed E-state index contributed by atoms with van der Waals surface area (Å²) < 4.78 is 35.8. The number of alkyl halides is 3. The van der Waals surface area contributed by atoms with Gasteiger partial charge in [0.15, 0.2) is 6.29 Å². The summed E-state index contributed by atoms with van der Waals surface area (Å²) in [7, 11) is 1.90. The Balaban J connectivity index is 0.000000221. The van der Waals surface area contributed by atoms with Gasteiger partial charge in [0.05, 0.1) is 11.8 Å². The van der Waals surface area contributed by atoms with Gasteiger partial charge in [-0.15, -0.1) is 5.10 Å². The second-order valence-corrected chi connectivity index (χ2v) is 6.47. The Morgan fingerprint density at radius 3 is 2.45 bits per heavy atom. The molecular formula is C20H18ClF3N4O. The number of carbonyl (C=O) groups is 1. The fourth-order valence-corrected chi connectivity index (χ4v) is 2.70. The third-order valence-electron chi connectivity index (χ3n) is 3.88. The van der Waals surface area contributed by atoms with Crippen molar-refractivity contribution < 1.29 is 18.0 Å². The van der Waals surface area contributed by atoms with Crippen LogP contribution >= 0.6 is 11.6 Å². The Morgan fingerprint density at radius 1 is 1.14 bits per heavy atom. The van der Waals surface area contributed by atoms with Crippen molar-refractivity contribution in [3.05, 3.63) is 70.5 Å². The molecule has 1 aromatic heterocycles. The van der Waals surface area contributed by atoms with E-state index < -0.39 is 11.7 Å². The minimum absolute atomic E-state index is 0.211. The molecule has 0 unspecified atom stereocenters. The van der Waals surface area contributed by atoms with Gasteiger partial charge in [-0.1, -0.05) is 17.7 Å². The molecule has 0 spiro atoms. The largest absolute Gasteiger partial charge is 0.418 e. The van der Waals surface area contributed by atoms with Crippen LogP contribution in [0.3, 0.4) is 0 Å². The van der Waals surface area contributed by atoms with Crippen LogP contribution in [0.4, 0.5) is 24.5 Å². The monoisotopic (exact) mass is 422 g/mol. The summed E-state index contributed by atoms with van der Waals surface area (Å²) in [6.45, 7) is 2.08. The molecule has 29 heavy (non-hydrogen) atoms. The molecule has 3 aromatic rings. The highest BCUT2D eigenvalue weighted by atomic mass is 35.5. The van der Waals surface area contributed by atoms with Gasteiger partial charge in [0.1, 0.15) is 5.69 Å². The third-order valence-corrected chi connectivity index (χ3v) is 4.10. The highest BCUT2D eigenvalue weighted by Crippen LogP contribution is 2.30. The zero-order valence-electron chi connectivity index (χ0n) is 15.6. The van der Waals surface area contributed by atoms with Gasteiger partial charge in [0.2, 0.25) is 0 Å². The number of rotatable bonds is 3. The molecule has 0 saturated heterocycles. The highest BCUT2D eigenvalue weighted by molar-refractivity contribution is 6.31. The average molecular weight is 423 g/mol. The van der Waals surface area contributed by atoms with Crippen molar-refractivity contribution >= 4 is 29.3 Å². The van der Waals surface area contributed by atoms with Crippen molar-refractivity contribution in [2.75, 3.05) is 18.1 Å². The van der Waals surface area contributed by atoms with E-state index in [4.69, 9.17) is 17.3 Å². The first-order valence-corrected chi connectivity index (χ1v) is 8.71. The lowest BCUT2D eigenvalue weighted by atomic mass is 9.99. The number of halogens is 4. The summed E-state index contributed by atoms with van der Waals surface area (Å²) in [5, 5.41) is 9.96. The molecule has 0 aliphatic carbocycles. The normalized spacial score (nSPS) is 10.7. The standard InChI is InChI=1S/C14H15ClN2.C6H3F3N2O/c1-9-3-4-13(17-2)8-14(9)10-5-11(15)7-12(16)6-10;7-6(8,9)4-1-5(3-12)11-10-2-4/h3-8,17H,16H2,1-2H3;1-3H. The average Bonchev–Trinajstić information content (AvgIpc) is 2.67. The molecule has 2 aromatic carbocycles. The molecule has 0 atom stereocenters. The number of nitrogen functional groups attached to an aromatic ring is 1. The van der Waals surface area contributed by atoms with Crippen molar-refractivity contribution in [2.45, 2.75) is 13.1 Å². The summed E-state index contributed by atoms with van der Waals surface area (Å²) in [5.41, 5.74) is 9.66. The Kier molecular flexibility index (Phi) is 7.17. The van der Waals surface area contributed by atoms with Crippen molar-refractivity contribution in [3.63, 3.8) is 0 Å². The van der Waals surface area contributed by atoms with Crippen LogP contribution in [0.15, 0.2) is 48.7 Å². The Labute approximate surface area is 170 Å². The fraction of sp³-hybridized carbons (Fsp3) is 0.150. The number of carbonyl (C=O) groups excluding carboxylic acids is 1. The second kappa shape index (κ2) is 9.38.